The van der Waals surface area contributed by atoms with Gasteiger partial charge in [0.2, 0.25) is 0 Å². The SMILES string of the molecule is COCCn1cnnc1[C@@H](C)N. The summed E-state index contributed by atoms with van der Waals surface area (Å²) < 4.78 is 6.83. The molecule has 0 saturated heterocycles. The predicted molar refractivity (Wildman–Crippen MR) is 44.5 cm³/mol. The number of rotatable bonds is 4. The number of aromatic nitrogens is 3. The number of nitrogens with two attached hydrogens (primary N) is 1. The Labute approximate surface area is 71.5 Å². The van der Waals surface area contributed by atoms with Gasteiger partial charge < -0.3 is 15.0 Å². The van der Waals surface area contributed by atoms with Crippen molar-refractivity contribution in [2.75, 3.05) is 13.7 Å². The van der Waals surface area contributed by atoms with Gasteiger partial charge in [-0.05, 0) is 6.92 Å². The van der Waals surface area contributed by atoms with Gasteiger partial charge in [0.1, 0.15) is 12.2 Å². The minimum atomic E-state index is -0.0793. The third kappa shape index (κ3) is 2.02. The number of ether oxygens (including phenoxy) is 1. The molecule has 0 bridgehead atoms. The van der Waals surface area contributed by atoms with Gasteiger partial charge in [0.25, 0.3) is 0 Å². The van der Waals surface area contributed by atoms with E-state index in [1.807, 2.05) is 11.5 Å². The average molecular weight is 170 g/mol. The minimum absolute atomic E-state index is 0.0793. The van der Waals surface area contributed by atoms with Crippen molar-refractivity contribution in [3.8, 4) is 0 Å². The second-order valence-corrected chi connectivity index (χ2v) is 2.66. The fourth-order valence-electron chi connectivity index (χ4n) is 0.978. The summed E-state index contributed by atoms with van der Waals surface area (Å²) >= 11 is 0. The second-order valence-electron chi connectivity index (χ2n) is 2.66. The first-order valence-electron chi connectivity index (χ1n) is 3.88. The molecule has 0 radical (unpaired) electrons. The highest BCUT2D eigenvalue weighted by molar-refractivity contribution is 4.91. The monoisotopic (exact) mass is 170 g/mol. The Bertz CT molecular complexity index is 233. The van der Waals surface area contributed by atoms with E-state index < -0.39 is 0 Å². The van der Waals surface area contributed by atoms with Crippen LogP contribution < -0.4 is 5.73 Å². The molecule has 0 fully saturated rings. The normalized spacial score (nSPS) is 13.2. The molecular formula is C7H14N4O. The molecule has 1 atom stereocenters. The molecule has 5 heteroatoms. The maximum absolute atomic E-state index is 5.67. The Morgan fingerprint density at radius 1 is 1.75 bits per heavy atom. The molecule has 68 valence electrons. The zero-order valence-corrected chi connectivity index (χ0v) is 7.40. The highest BCUT2D eigenvalue weighted by Crippen LogP contribution is 2.04. The summed E-state index contributed by atoms with van der Waals surface area (Å²) in [6.07, 6.45) is 1.66. The first kappa shape index (κ1) is 9.15. The maximum atomic E-state index is 5.67. The molecule has 1 aromatic rings. The van der Waals surface area contributed by atoms with Crippen molar-refractivity contribution in [1.82, 2.24) is 14.8 Å². The Morgan fingerprint density at radius 2 is 2.50 bits per heavy atom. The molecule has 0 saturated carbocycles. The summed E-state index contributed by atoms with van der Waals surface area (Å²) in [5, 5.41) is 7.67. The second kappa shape index (κ2) is 4.18. The molecule has 1 aromatic heterocycles. The van der Waals surface area contributed by atoms with Crippen molar-refractivity contribution in [2.24, 2.45) is 5.73 Å². The van der Waals surface area contributed by atoms with Crippen LogP contribution >= 0.6 is 0 Å². The third-order valence-corrected chi connectivity index (χ3v) is 1.59. The summed E-state index contributed by atoms with van der Waals surface area (Å²) in [6, 6.07) is -0.0793. The van der Waals surface area contributed by atoms with E-state index in [9.17, 15) is 0 Å². The summed E-state index contributed by atoms with van der Waals surface area (Å²) in [5.41, 5.74) is 5.67. The fourth-order valence-corrected chi connectivity index (χ4v) is 0.978. The molecule has 5 nitrogen and oxygen atoms in total. The van der Waals surface area contributed by atoms with E-state index in [4.69, 9.17) is 10.5 Å². The van der Waals surface area contributed by atoms with Gasteiger partial charge >= 0.3 is 0 Å². The topological polar surface area (TPSA) is 66.0 Å². The number of hydrogen-bond donors (Lipinski definition) is 1. The van der Waals surface area contributed by atoms with Crippen LogP contribution in [0.5, 0.6) is 0 Å². The molecule has 0 aliphatic rings. The van der Waals surface area contributed by atoms with Crippen LogP contribution in [0.3, 0.4) is 0 Å². The van der Waals surface area contributed by atoms with Gasteiger partial charge in [-0.3, -0.25) is 0 Å². The molecule has 0 amide bonds. The minimum Gasteiger partial charge on any atom is -0.383 e. The Hall–Kier alpha value is -0.940. The lowest BCUT2D eigenvalue weighted by Gasteiger charge is -2.07. The summed E-state index contributed by atoms with van der Waals surface area (Å²) in [6.45, 7) is 3.28. The first-order chi connectivity index (χ1) is 5.75. The van der Waals surface area contributed by atoms with E-state index in [-0.39, 0.29) is 6.04 Å². The molecule has 0 aliphatic heterocycles. The lowest BCUT2D eigenvalue weighted by Crippen LogP contribution is -2.15. The van der Waals surface area contributed by atoms with Crippen LogP contribution in [0.2, 0.25) is 0 Å². The van der Waals surface area contributed by atoms with Crippen LogP contribution in [0.25, 0.3) is 0 Å². The average Bonchev–Trinajstić information content (AvgIpc) is 2.48. The van der Waals surface area contributed by atoms with Crippen molar-refractivity contribution >= 4 is 0 Å². The van der Waals surface area contributed by atoms with Crippen LogP contribution in [-0.4, -0.2) is 28.5 Å². The molecule has 1 rings (SSSR count). The lowest BCUT2D eigenvalue weighted by molar-refractivity contribution is 0.186. The largest absolute Gasteiger partial charge is 0.383 e. The first-order valence-corrected chi connectivity index (χ1v) is 3.88. The zero-order chi connectivity index (χ0) is 8.97. The van der Waals surface area contributed by atoms with Crippen molar-refractivity contribution < 1.29 is 4.74 Å². The van der Waals surface area contributed by atoms with Gasteiger partial charge in [-0.25, -0.2) is 0 Å². The van der Waals surface area contributed by atoms with Crippen LogP contribution in [0.15, 0.2) is 6.33 Å². The van der Waals surface area contributed by atoms with Crippen molar-refractivity contribution in [3.63, 3.8) is 0 Å². The number of hydrogen-bond acceptors (Lipinski definition) is 4. The highest BCUT2D eigenvalue weighted by atomic mass is 16.5. The third-order valence-electron chi connectivity index (χ3n) is 1.59. The van der Waals surface area contributed by atoms with Crippen molar-refractivity contribution in [3.05, 3.63) is 12.2 Å². The Morgan fingerprint density at radius 3 is 3.08 bits per heavy atom. The van der Waals surface area contributed by atoms with E-state index in [2.05, 4.69) is 10.2 Å². The van der Waals surface area contributed by atoms with Crippen LogP contribution in [0.1, 0.15) is 18.8 Å². The van der Waals surface area contributed by atoms with Crippen molar-refractivity contribution in [1.29, 1.82) is 0 Å². The van der Waals surface area contributed by atoms with Gasteiger partial charge in [0.05, 0.1) is 12.6 Å². The van der Waals surface area contributed by atoms with Crippen LogP contribution in [-0.2, 0) is 11.3 Å². The van der Waals surface area contributed by atoms with E-state index >= 15 is 0 Å². The molecular weight excluding hydrogens is 156 g/mol. The van der Waals surface area contributed by atoms with E-state index in [0.717, 1.165) is 12.4 Å². The molecule has 1 heterocycles. The summed E-state index contributed by atoms with van der Waals surface area (Å²) in [5.74, 6) is 0.798. The zero-order valence-electron chi connectivity index (χ0n) is 7.40. The lowest BCUT2D eigenvalue weighted by atomic mass is 10.3. The number of nitrogens with zero attached hydrogens (tertiary/aromatic N) is 3. The van der Waals surface area contributed by atoms with E-state index in [0.29, 0.717) is 6.61 Å². The van der Waals surface area contributed by atoms with E-state index in [1.54, 1.807) is 13.4 Å². The van der Waals surface area contributed by atoms with Crippen molar-refractivity contribution in [2.45, 2.75) is 19.5 Å². The fraction of sp³-hybridized carbons (Fsp3) is 0.714. The molecule has 0 unspecified atom stereocenters. The molecule has 2 N–H and O–H groups in total. The highest BCUT2D eigenvalue weighted by Gasteiger charge is 2.07. The van der Waals surface area contributed by atoms with Crippen LogP contribution in [0.4, 0.5) is 0 Å². The predicted octanol–water partition coefficient (Wildman–Crippen LogP) is -0.0558. The Kier molecular flexibility index (Phi) is 3.19. The van der Waals surface area contributed by atoms with Gasteiger partial charge in [-0.2, -0.15) is 0 Å². The molecule has 0 aliphatic carbocycles. The van der Waals surface area contributed by atoms with Gasteiger partial charge in [-0.1, -0.05) is 0 Å². The summed E-state index contributed by atoms with van der Waals surface area (Å²) in [7, 11) is 1.66. The molecule has 0 aromatic carbocycles. The van der Waals surface area contributed by atoms with Gasteiger partial charge in [-0.15, -0.1) is 10.2 Å². The van der Waals surface area contributed by atoms with E-state index in [1.165, 1.54) is 0 Å². The van der Waals surface area contributed by atoms with Crippen LogP contribution in [0, 0.1) is 0 Å². The standard InChI is InChI=1S/C7H14N4O/c1-6(8)7-10-9-5-11(7)3-4-12-2/h5-6H,3-4,8H2,1-2H3/t6-/m1/s1. The molecule has 12 heavy (non-hydrogen) atoms. The number of methoxy groups -OCH3 is 1. The maximum Gasteiger partial charge on any atom is 0.149 e. The van der Waals surface area contributed by atoms with Gasteiger partial charge in [0, 0.05) is 13.7 Å². The summed E-state index contributed by atoms with van der Waals surface area (Å²) in [4.78, 5) is 0. The quantitative estimate of drug-likeness (QED) is 0.687. The smallest absolute Gasteiger partial charge is 0.149 e. The van der Waals surface area contributed by atoms with Gasteiger partial charge in [0.15, 0.2) is 0 Å². The molecule has 0 spiro atoms. The Balaban J connectivity index is 2.64.